The van der Waals surface area contributed by atoms with Gasteiger partial charge in [0.05, 0.1) is 11.3 Å². The molecule has 23 heavy (non-hydrogen) atoms. The third-order valence-electron chi connectivity index (χ3n) is 4.59. The van der Waals surface area contributed by atoms with E-state index in [0.717, 1.165) is 48.2 Å². The lowest BCUT2D eigenvalue weighted by Gasteiger charge is -2.07. The summed E-state index contributed by atoms with van der Waals surface area (Å²) < 4.78 is 7.29. The van der Waals surface area contributed by atoms with Crippen molar-refractivity contribution in [1.82, 2.24) is 9.78 Å². The molecule has 2 aromatic heterocycles. The van der Waals surface area contributed by atoms with Crippen molar-refractivity contribution >= 4 is 22.7 Å². The highest BCUT2D eigenvalue weighted by atomic mass is 16.3. The number of fused-ring (bicyclic) bond motifs is 2. The van der Waals surface area contributed by atoms with E-state index in [0.29, 0.717) is 5.56 Å². The Balaban J connectivity index is 1.70. The molecule has 5 heteroatoms. The summed E-state index contributed by atoms with van der Waals surface area (Å²) >= 11 is 0. The van der Waals surface area contributed by atoms with Crippen LogP contribution in [-0.2, 0) is 26.3 Å². The van der Waals surface area contributed by atoms with Gasteiger partial charge in [-0.15, -0.1) is 0 Å². The first-order valence-corrected chi connectivity index (χ1v) is 8.03. The molecule has 0 aliphatic heterocycles. The van der Waals surface area contributed by atoms with Gasteiger partial charge in [0.15, 0.2) is 0 Å². The molecule has 2 heterocycles. The average molecular weight is 309 g/mol. The topological polar surface area (TPSA) is 60.1 Å². The smallest absolute Gasteiger partial charge is 0.260 e. The zero-order valence-corrected chi connectivity index (χ0v) is 13.3. The van der Waals surface area contributed by atoms with Gasteiger partial charge in [-0.3, -0.25) is 9.48 Å². The van der Waals surface area contributed by atoms with E-state index in [2.05, 4.69) is 17.3 Å². The van der Waals surface area contributed by atoms with E-state index in [4.69, 9.17) is 4.42 Å². The zero-order chi connectivity index (χ0) is 16.0. The molecule has 0 unspecified atom stereocenters. The van der Waals surface area contributed by atoms with Crippen LogP contribution >= 0.6 is 0 Å². The highest BCUT2D eigenvalue weighted by Crippen LogP contribution is 2.29. The van der Waals surface area contributed by atoms with E-state index in [1.54, 1.807) is 4.68 Å². The second kappa shape index (κ2) is 5.26. The van der Waals surface area contributed by atoms with E-state index < -0.39 is 0 Å². The predicted octanol–water partition coefficient (Wildman–Crippen LogP) is 3.47. The Hall–Kier alpha value is -2.56. The number of furan rings is 1. The summed E-state index contributed by atoms with van der Waals surface area (Å²) in [5.74, 6) is 0.665. The molecule has 0 fully saturated rings. The first kappa shape index (κ1) is 14.1. The summed E-state index contributed by atoms with van der Waals surface area (Å²) in [5.41, 5.74) is 4.77. The van der Waals surface area contributed by atoms with E-state index in [-0.39, 0.29) is 5.91 Å². The predicted molar refractivity (Wildman–Crippen MR) is 88.8 cm³/mol. The van der Waals surface area contributed by atoms with Gasteiger partial charge in [0.1, 0.15) is 17.7 Å². The first-order valence-electron chi connectivity index (χ1n) is 8.03. The van der Waals surface area contributed by atoms with Crippen LogP contribution in [0.3, 0.4) is 0 Å². The molecular formula is C18H19N3O2. The summed E-state index contributed by atoms with van der Waals surface area (Å²) in [7, 11) is 1.87. The highest BCUT2D eigenvalue weighted by Gasteiger charge is 2.23. The van der Waals surface area contributed by atoms with Crippen LogP contribution in [0.4, 0.5) is 5.82 Å². The minimum atomic E-state index is -0.144. The summed E-state index contributed by atoms with van der Waals surface area (Å²) in [4.78, 5) is 12.7. The number of hydrogen-bond acceptors (Lipinski definition) is 3. The van der Waals surface area contributed by atoms with Crippen molar-refractivity contribution in [3.63, 3.8) is 0 Å². The Morgan fingerprint density at radius 2 is 2.26 bits per heavy atom. The molecule has 0 bridgehead atoms. The SMILES string of the molecule is CCc1ccc2occ(C(=O)Nc3c4c(nn3C)CCC4)c2c1. The lowest BCUT2D eigenvalue weighted by atomic mass is 10.1. The molecule has 1 N–H and O–H groups in total. The van der Waals surface area contributed by atoms with Crippen LogP contribution in [0, 0.1) is 0 Å². The minimum Gasteiger partial charge on any atom is -0.463 e. The van der Waals surface area contributed by atoms with Crippen LogP contribution in [0.15, 0.2) is 28.9 Å². The Labute approximate surface area is 134 Å². The third-order valence-corrected chi connectivity index (χ3v) is 4.59. The van der Waals surface area contributed by atoms with Crippen molar-refractivity contribution in [1.29, 1.82) is 0 Å². The molecule has 1 aliphatic rings. The number of carbonyl (C=O) groups excluding carboxylic acids is 1. The number of nitrogens with zero attached hydrogens (tertiary/aromatic N) is 2. The first-order chi connectivity index (χ1) is 11.2. The Bertz CT molecular complexity index is 905. The molecule has 0 saturated heterocycles. The lowest BCUT2D eigenvalue weighted by Crippen LogP contribution is -2.15. The van der Waals surface area contributed by atoms with Gasteiger partial charge in [-0.1, -0.05) is 13.0 Å². The number of aromatic nitrogens is 2. The largest absolute Gasteiger partial charge is 0.463 e. The maximum atomic E-state index is 12.7. The minimum absolute atomic E-state index is 0.144. The standard InChI is InChI=1S/C18H19N3O2/c1-3-11-7-8-16-13(9-11)14(10-23-16)18(22)19-17-12-5-4-6-15(12)20-21(17)2/h7-10H,3-6H2,1-2H3,(H,19,22). The molecule has 5 nitrogen and oxygen atoms in total. The van der Waals surface area contributed by atoms with Crippen LogP contribution in [-0.4, -0.2) is 15.7 Å². The molecule has 0 spiro atoms. The van der Waals surface area contributed by atoms with Crippen molar-refractivity contribution in [2.24, 2.45) is 7.05 Å². The van der Waals surface area contributed by atoms with Gasteiger partial charge >= 0.3 is 0 Å². The van der Waals surface area contributed by atoms with Crippen LogP contribution in [0.1, 0.15) is 40.5 Å². The summed E-state index contributed by atoms with van der Waals surface area (Å²) in [6.07, 6.45) is 5.54. The molecule has 1 amide bonds. The summed E-state index contributed by atoms with van der Waals surface area (Å²) in [5, 5.41) is 8.38. The Morgan fingerprint density at radius 3 is 3.09 bits per heavy atom. The van der Waals surface area contributed by atoms with Crippen LogP contribution in [0.2, 0.25) is 0 Å². The Kier molecular flexibility index (Phi) is 3.22. The molecule has 0 radical (unpaired) electrons. The quantitative estimate of drug-likeness (QED) is 0.806. The highest BCUT2D eigenvalue weighted by molar-refractivity contribution is 6.12. The molecular weight excluding hydrogens is 290 g/mol. The maximum Gasteiger partial charge on any atom is 0.260 e. The van der Waals surface area contributed by atoms with Gasteiger partial charge < -0.3 is 9.73 Å². The van der Waals surface area contributed by atoms with Gasteiger partial charge in [-0.05, 0) is 43.4 Å². The second-order valence-electron chi connectivity index (χ2n) is 6.04. The number of carbonyl (C=O) groups is 1. The van der Waals surface area contributed by atoms with E-state index in [1.807, 2.05) is 25.2 Å². The van der Waals surface area contributed by atoms with Gasteiger partial charge in [0.2, 0.25) is 0 Å². The fraction of sp³-hybridized carbons (Fsp3) is 0.333. The van der Waals surface area contributed by atoms with E-state index in [1.165, 1.54) is 17.4 Å². The number of amides is 1. The second-order valence-corrected chi connectivity index (χ2v) is 6.04. The van der Waals surface area contributed by atoms with Gasteiger partial charge in [-0.2, -0.15) is 5.10 Å². The summed E-state index contributed by atoms with van der Waals surface area (Å²) in [6, 6.07) is 5.98. The molecule has 0 atom stereocenters. The maximum absolute atomic E-state index is 12.7. The number of anilines is 1. The molecule has 1 aromatic carbocycles. The number of nitrogens with one attached hydrogen (secondary N) is 1. The van der Waals surface area contributed by atoms with Gasteiger partial charge in [-0.25, -0.2) is 0 Å². The van der Waals surface area contributed by atoms with Crippen molar-refractivity contribution in [3.8, 4) is 0 Å². The normalized spacial score (nSPS) is 13.5. The Morgan fingerprint density at radius 1 is 1.39 bits per heavy atom. The zero-order valence-electron chi connectivity index (χ0n) is 13.3. The summed E-state index contributed by atoms with van der Waals surface area (Å²) in [6.45, 7) is 2.10. The lowest BCUT2D eigenvalue weighted by molar-refractivity contribution is 0.102. The number of hydrogen-bond donors (Lipinski definition) is 1. The van der Waals surface area contributed by atoms with E-state index >= 15 is 0 Å². The van der Waals surface area contributed by atoms with Crippen molar-refractivity contribution in [2.45, 2.75) is 32.6 Å². The fourth-order valence-electron chi connectivity index (χ4n) is 3.32. The van der Waals surface area contributed by atoms with Crippen LogP contribution in [0.25, 0.3) is 11.0 Å². The molecule has 118 valence electrons. The van der Waals surface area contributed by atoms with Gasteiger partial charge in [0, 0.05) is 18.0 Å². The number of rotatable bonds is 3. The van der Waals surface area contributed by atoms with Crippen molar-refractivity contribution in [2.75, 3.05) is 5.32 Å². The third kappa shape index (κ3) is 2.23. The molecule has 4 rings (SSSR count). The van der Waals surface area contributed by atoms with Crippen molar-refractivity contribution < 1.29 is 9.21 Å². The average Bonchev–Trinajstić information content (AvgIpc) is 3.23. The molecule has 0 saturated carbocycles. The number of benzene rings is 1. The number of aryl methyl sites for hydroxylation is 3. The monoisotopic (exact) mass is 309 g/mol. The van der Waals surface area contributed by atoms with Crippen molar-refractivity contribution in [3.05, 3.63) is 46.8 Å². The van der Waals surface area contributed by atoms with E-state index in [9.17, 15) is 4.79 Å². The fourth-order valence-corrected chi connectivity index (χ4v) is 3.32. The molecule has 1 aliphatic carbocycles. The molecule has 3 aromatic rings. The van der Waals surface area contributed by atoms with Gasteiger partial charge in [0.25, 0.3) is 5.91 Å². The van der Waals surface area contributed by atoms with Crippen LogP contribution in [0.5, 0.6) is 0 Å². The van der Waals surface area contributed by atoms with Crippen LogP contribution < -0.4 is 5.32 Å².